The summed E-state index contributed by atoms with van der Waals surface area (Å²) in [6, 6.07) is 8.60. The lowest BCUT2D eigenvalue weighted by molar-refractivity contribution is 0.549. The van der Waals surface area contributed by atoms with Crippen molar-refractivity contribution in [1.29, 1.82) is 0 Å². The minimum Gasteiger partial charge on any atom is -0.370 e. The number of benzene rings is 1. The third-order valence-electron chi connectivity index (χ3n) is 3.93. The molecule has 0 spiro atoms. The molecule has 2 aromatic rings. The van der Waals surface area contributed by atoms with Gasteiger partial charge in [0.1, 0.15) is 5.82 Å². The SMILES string of the molecule is Cc1ccc2c(NCCC3CCNC3)nccc2c1. The molecular weight excluding hydrogens is 234 g/mol. The number of anilines is 1. The number of aryl methyl sites for hydroxylation is 1. The molecule has 1 atom stereocenters. The molecule has 1 saturated heterocycles. The average molecular weight is 255 g/mol. The van der Waals surface area contributed by atoms with Crippen molar-refractivity contribution in [2.45, 2.75) is 19.8 Å². The lowest BCUT2D eigenvalue weighted by Gasteiger charge is -2.11. The Hall–Kier alpha value is -1.61. The predicted molar refractivity (Wildman–Crippen MR) is 80.6 cm³/mol. The number of pyridine rings is 1. The lowest BCUT2D eigenvalue weighted by Crippen LogP contribution is -2.13. The highest BCUT2D eigenvalue weighted by molar-refractivity contribution is 5.92. The second-order valence-corrected chi connectivity index (χ2v) is 5.46. The Morgan fingerprint density at radius 2 is 2.32 bits per heavy atom. The van der Waals surface area contributed by atoms with Crippen LogP contribution in [0.2, 0.25) is 0 Å². The van der Waals surface area contributed by atoms with E-state index in [-0.39, 0.29) is 0 Å². The first-order chi connectivity index (χ1) is 9.33. The number of rotatable bonds is 4. The zero-order valence-corrected chi connectivity index (χ0v) is 11.4. The summed E-state index contributed by atoms with van der Waals surface area (Å²) >= 11 is 0. The normalized spacial score (nSPS) is 18.9. The maximum atomic E-state index is 4.47. The summed E-state index contributed by atoms with van der Waals surface area (Å²) in [5, 5.41) is 9.39. The van der Waals surface area contributed by atoms with Gasteiger partial charge in [0.15, 0.2) is 0 Å². The van der Waals surface area contributed by atoms with Crippen LogP contribution in [0, 0.1) is 12.8 Å². The maximum Gasteiger partial charge on any atom is 0.133 e. The van der Waals surface area contributed by atoms with Crippen molar-refractivity contribution in [3.05, 3.63) is 36.0 Å². The fourth-order valence-electron chi connectivity index (χ4n) is 2.79. The van der Waals surface area contributed by atoms with Gasteiger partial charge in [-0.3, -0.25) is 0 Å². The summed E-state index contributed by atoms with van der Waals surface area (Å²) in [5.41, 5.74) is 1.29. The second-order valence-electron chi connectivity index (χ2n) is 5.46. The van der Waals surface area contributed by atoms with E-state index in [0.29, 0.717) is 0 Å². The third kappa shape index (κ3) is 2.87. The van der Waals surface area contributed by atoms with Gasteiger partial charge in [-0.25, -0.2) is 4.98 Å². The molecule has 3 nitrogen and oxygen atoms in total. The van der Waals surface area contributed by atoms with Gasteiger partial charge in [0, 0.05) is 18.1 Å². The molecule has 3 rings (SSSR count). The molecule has 1 aromatic carbocycles. The second kappa shape index (κ2) is 5.57. The molecule has 100 valence electrons. The molecule has 2 heterocycles. The fraction of sp³-hybridized carbons (Fsp3) is 0.438. The predicted octanol–water partition coefficient (Wildman–Crippen LogP) is 2.95. The van der Waals surface area contributed by atoms with Crippen molar-refractivity contribution >= 4 is 16.6 Å². The van der Waals surface area contributed by atoms with Crippen LogP contribution in [0.15, 0.2) is 30.5 Å². The van der Waals surface area contributed by atoms with Gasteiger partial charge in [-0.05, 0) is 50.2 Å². The molecule has 0 saturated carbocycles. The van der Waals surface area contributed by atoms with E-state index in [1.54, 1.807) is 0 Å². The van der Waals surface area contributed by atoms with E-state index in [1.165, 1.54) is 42.3 Å². The summed E-state index contributed by atoms with van der Waals surface area (Å²) in [5.74, 6) is 1.84. The minimum absolute atomic E-state index is 0.824. The Labute approximate surface area is 114 Å². The van der Waals surface area contributed by atoms with Crippen molar-refractivity contribution in [2.24, 2.45) is 5.92 Å². The van der Waals surface area contributed by atoms with Crippen LogP contribution in [0.3, 0.4) is 0 Å². The number of hydrogen-bond donors (Lipinski definition) is 2. The molecule has 3 heteroatoms. The lowest BCUT2D eigenvalue weighted by atomic mass is 10.1. The Kier molecular flexibility index (Phi) is 3.65. The highest BCUT2D eigenvalue weighted by atomic mass is 15.0. The molecule has 1 unspecified atom stereocenters. The van der Waals surface area contributed by atoms with Crippen LogP contribution in [-0.4, -0.2) is 24.6 Å². The van der Waals surface area contributed by atoms with Gasteiger partial charge < -0.3 is 10.6 Å². The molecule has 0 bridgehead atoms. The molecule has 1 aromatic heterocycles. The van der Waals surface area contributed by atoms with Crippen LogP contribution in [0.5, 0.6) is 0 Å². The zero-order valence-electron chi connectivity index (χ0n) is 11.4. The van der Waals surface area contributed by atoms with Crippen LogP contribution in [0.1, 0.15) is 18.4 Å². The smallest absolute Gasteiger partial charge is 0.133 e. The number of aromatic nitrogens is 1. The van der Waals surface area contributed by atoms with E-state index in [1.807, 2.05) is 6.20 Å². The van der Waals surface area contributed by atoms with E-state index < -0.39 is 0 Å². The van der Waals surface area contributed by atoms with Crippen LogP contribution in [0.4, 0.5) is 5.82 Å². The summed E-state index contributed by atoms with van der Waals surface area (Å²) in [6.45, 7) is 5.48. The van der Waals surface area contributed by atoms with E-state index in [0.717, 1.165) is 18.3 Å². The van der Waals surface area contributed by atoms with Gasteiger partial charge >= 0.3 is 0 Å². The number of hydrogen-bond acceptors (Lipinski definition) is 3. The van der Waals surface area contributed by atoms with Gasteiger partial charge in [-0.1, -0.05) is 23.8 Å². The van der Waals surface area contributed by atoms with Crippen LogP contribution in [0.25, 0.3) is 10.8 Å². The average Bonchev–Trinajstić information content (AvgIpc) is 2.92. The minimum atomic E-state index is 0.824. The first-order valence-corrected chi connectivity index (χ1v) is 7.13. The molecule has 0 amide bonds. The Morgan fingerprint density at radius 3 is 3.16 bits per heavy atom. The number of fused-ring (bicyclic) bond motifs is 1. The van der Waals surface area contributed by atoms with E-state index in [2.05, 4.69) is 46.8 Å². The Morgan fingerprint density at radius 1 is 1.37 bits per heavy atom. The molecule has 1 aliphatic rings. The molecule has 1 aliphatic heterocycles. The monoisotopic (exact) mass is 255 g/mol. The fourth-order valence-corrected chi connectivity index (χ4v) is 2.79. The summed E-state index contributed by atoms with van der Waals surface area (Å²) < 4.78 is 0. The van der Waals surface area contributed by atoms with Crippen molar-refractivity contribution < 1.29 is 0 Å². The number of nitrogens with one attached hydrogen (secondary N) is 2. The summed E-state index contributed by atoms with van der Waals surface area (Å²) in [6.07, 6.45) is 4.42. The summed E-state index contributed by atoms with van der Waals surface area (Å²) in [7, 11) is 0. The quantitative estimate of drug-likeness (QED) is 0.882. The van der Waals surface area contributed by atoms with Gasteiger partial charge in [-0.15, -0.1) is 0 Å². The Bertz CT molecular complexity index is 559. The topological polar surface area (TPSA) is 37.0 Å². The highest BCUT2D eigenvalue weighted by Crippen LogP contribution is 2.22. The molecule has 2 N–H and O–H groups in total. The van der Waals surface area contributed by atoms with Crippen LogP contribution < -0.4 is 10.6 Å². The zero-order chi connectivity index (χ0) is 13.1. The molecule has 0 radical (unpaired) electrons. The molecule has 1 fully saturated rings. The van der Waals surface area contributed by atoms with Crippen LogP contribution in [-0.2, 0) is 0 Å². The number of nitrogens with zero attached hydrogens (tertiary/aromatic N) is 1. The van der Waals surface area contributed by atoms with E-state index in [4.69, 9.17) is 0 Å². The van der Waals surface area contributed by atoms with E-state index >= 15 is 0 Å². The maximum absolute atomic E-state index is 4.47. The first-order valence-electron chi connectivity index (χ1n) is 7.13. The summed E-state index contributed by atoms with van der Waals surface area (Å²) in [4.78, 5) is 4.47. The largest absolute Gasteiger partial charge is 0.370 e. The van der Waals surface area contributed by atoms with Crippen LogP contribution >= 0.6 is 0 Å². The Balaban J connectivity index is 1.70. The van der Waals surface area contributed by atoms with Gasteiger partial charge in [-0.2, -0.15) is 0 Å². The van der Waals surface area contributed by atoms with E-state index in [9.17, 15) is 0 Å². The standard InChI is InChI=1S/C16H21N3/c1-12-2-3-15-14(10-12)6-9-19-16(15)18-8-5-13-4-7-17-11-13/h2-3,6,9-10,13,17H,4-5,7-8,11H2,1H3,(H,18,19). The molecule has 19 heavy (non-hydrogen) atoms. The third-order valence-corrected chi connectivity index (χ3v) is 3.93. The van der Waals surface area contributed by atoms with Gasteiger partial charge in [0.25, 0.3) is 0 Å². The van der Waals surface area contributed by atoms with Gasteiger partial charge in [0.2, 0.25) is 0 Å². The van der Waals surface area contributed by atoms with Crippen molar-refractivity contribution in [3.8, 4) is 0 Å². The van der Waals surface area contributed by atoms with Crippen molar-refractivity contribution in [1.82, 2.24) is 10.3 Å². The van der Waals surface area contributed by atoms with Crippen molar-refractivity contribution in [3.63, 3.8) is 0 Å². The molecule has 0 aliphatic carbocycles. The van der Waals surface area contributed by atoms with Gasteiger partial charge in [0.05, 0.1) is 0 Å². The first kappa shape index (κ1) is 12.4. The molecular formula is C16H21N3. The van der Waals surface area contributed by atoms with Crippen molar-refractivity contribution in [2.75, 3.05) is 25.0 Å². The highest BCUT2D eigenvalue weighted by Gasteiger charge is 2.13.